The molecule has 2 aromatic rings. The van der Waals surface area contributed by atoms with E-state index in [1.54, 1.807) is 18.2 Å². The molecule has 28 heavy (non-hydrogen) atoms. The standard InChI is InChI=1S/C11H14N2O.C6H5F.C5H9N.Sb/c1-12-11(14)13-7-6-9-4-2-3-5-10(9)8-13;7-6-4-2-1-3-5-6;1-6-4-2-3-5-6;/h2-5H,6-8H2,1H3,(H,12,14);1-5H;2H,1,3-5H2;/q;;;+1/p-1. The van der Waals surface area contributed by atoms with Crippen molar-refractivity contribution in [3.05, 3.63) is 71.5 Å². The fourth-order valence-electron chi connectivity index (χ4n) is 4.01. The summed E-state index contributed by atoms with van der Waals surface area (Å²) in [5, 5.41) is 0. The van der Waals surface area contributed by atoms with Gasteiger partial charge in [0.2, 0.25) is 0 Å². The molecule has 3 heterocycles. The van der Waals surface area contributed by atoms with Gasteiger partial charge in [-0.05, 0) is 12.1 Å². The minimum absolute atomic E-state index is 0.178. The first-order valence-electron chi connectivity index (χ1n) is 9.89. The smallest absolute Gasteiger partial charge is 0.123 e. The number of hydrogen-bond donors (Lipinski definition) is 0. The Labute approximate surface area is 174 Å². The van der Waals surface area contributed by atoms with Gasteiger partial charge in [0.25, 0.3) is 0 Å². The van der Waals surface area contributed by atoms with Crippen molar-refractivity contribution in [2.75, 3.05) is 31.2 Å². The molecule has 148 valence electrons. The maximum absolute atomic E-state index is 11.9. The molecule has 6 heteroatoms. The van der Waals surface area contributed by atoms with E-state index in [2.05, 4.69) is 39.1 Å². The van der Waals surface area contributed by atoms with E-state index in [1.165, 1.54) is 47.3 Å². The van der Waals surface area contributed by atoms with E-state index in [1.807, 2.05) is 7.05 Å². The SMILES string of the molecule is CN=C([O][Sb]1[CH2]N2CC[CH]1C2)N1CCc2ccccc2C1.Fc1ccccc1. The number of aliphatic imine (C=N–C) groups is 1. The monoisotopic (exact) mass is 489 g/mol. The maximum Gasteiger partial charge on any atom is 0.123 e. The first-order valence-corrected chi connectivity index (χ1v) is 14.2. The van der Waals surface area contributed by atoms with Crippen LogP contribution in [0.1, 0.15) is 17.5 Å². The average molecular weight is 490 g/mol. The van der Waals surface area contributed by atoms with Gasteiger partial charge in [-0.3, -0.25) is 0 Å². The topological polar surface area (TPSA) is 28.1 Å². The molecule has 0 amide bonds. The molecule has 0 aromatic heterocycles. The van der Waals surface area contributed by atoms with Crippen molar-refractivity contribution < 1.29 is 7.41 Å². The van der Waals surface area contributed by atoms with Crippen LogP contribution in [0.4, 0.5) is 4.39 Å². The molecule has 3 aliphatic rings. The zero-order valence-electron chi connectivity index (χ0n) is 16.3. The second-order valence-electron chi connectivity index (χ2n) is 7.41. The van der Waals surface area contributed by atoms with Crippen molar-refractivity contribution in [3.8, 4) is 0 Å². The van der Waals surface area contributed by atoms with Gasteiger partial charge >= 0.3 is 134 Å². The Bertz CT molecular complexity index is 816. The first-order chi connectivity index (χ1) is 13.7. The third-order valence-corrected chi connectivity index (χ3v) is 12.1. The molecule has 2 unspecified atom stereocenters. The van der Waals surface area contributed by atoms with E-state index in [4.69, 9.17) is 3.02 Å². The number of fused-ring (bicyclic) bond motifs is 3. The van der Waals surface area contributed by atoms with Gasteiger partial charge in [0.1, 0.15) is 5.82 Å². The summed E-state index contributed by atoms with van der Waals surface area (Å²) < 4.78 is 20.5. The molecule has 3 aliphatic heterocycles. The molecular formula is C22H27FN3OSb. The number of nitrogens with zero attached hydrogens (tertiary/aromatic N) is 3. The van der Waals surface area contributed by atoms with Crippen LogP contribution < -0.4 is 0 Å². The number of hydrogen-bond acceptors (Lipinski definition) is 3. The fraction of sp³-hybridized carbons (Fsp3) is 0.409. The van der Waals surface area contributed by atoms with Crippen LogP contribution in [0.15, 0.2) is 59.6 Å². The summed E-state index contributed by atoms with van der Waals surface area (Å²) in [6.45, 7) is 4.57. The van der Waals surface area contributed by atoms with Crippen LogP contribution in [0.2, 0.25) is 3.86 Å². The molecule has 0 radical (unpaired) electrons. The summed E-state index contributed by atoms with van der Waals surface area (Å²) in [4.78, 5) is 9.41. The van der Waals surface area contributed by atoms with E-state index in [9.17, 15) is 4.39 Å². The summed E-state index contributed by atoms with van der Waals surface area (Å²) in [6.07, 6.45) is 2.47. The molecule has 2 atom stereocenters. The third-order valence-electron chi connectivity index (χ3n) is 5.52. The molecule has 0 aliphatic carbocycles. The van der Waals surface area contributed by atoms with Crippen molar-refractivity contribution in [1.82, 2.24) is 9.80 Å². The molecular weight excluding hydrogens is 463 g/mol. The quantitative estimate of drug-likeness (QED) is 0.348. The van der Waals surface area contributed by atoms with Crippen LogP contribution in [0.5, 0.6) is 0 Å². The Hall–Kier alpha value is -1.58. The Morgan fingerprint density at radius 1 is 1.07 bits per heavy atom. The second-order valence-corrected chi connectivity index (χ2v) is 13.2. The molecule has 2 bridgehead atoms. The Balaban J connectivity index is 0.000000233. The number of halogens is 1. The molecule has 0 N–H and O–H groups in total. The van der Waals surface area contributed by atoms with Gasteiger partial charge in [-0.15, -0.1) is 0 Å². The van der Waals surface area contributed by atoms with Crippen molar-refractivity contribution in [2.24, 2.45) is 4.99 Å². The Morgan fingerprint density at radius 2 is 1.82 bits per heavy atom. The zero-order chi connectivity index (χ0) is 19.3. The van der Waals surface area contributed by atoms with Crippen LogP contribution in [0, 0.1) is 5.82 Å². The second kappa shape index (κ2) is 9.28. The van der Waals surface area contributed by atoms with Crippen molar-refractivity contribution in [3.63, 3.8) is 0 Å². The van der Waals surface area contributed by atoms with Crippen molar-refractivity contribution in [2.45, 2.75) is 23.3 Å². The normalized spacial score (nSPS) is 23.8. The van der Waals surface area contributed by atoms with Crippen LogP contribution >= 0.6 is 0 Å². The van der Waals surface area contributed by atoms with Crippen molar-refractivity contribution >= 4 is 26.7 Å². The first kappa shape index (κ1) is 19.7. The fourth-order valence-corrected chi connectivity index (χ4v) is 10.6. The van der Waals surface area contributed by atoms with Gasteiger partial charge in [-0.25, -0.2) is 4.39 Å². The van der Waals surface area contributed by atoms with E-state index in [0.29, 0.717) is 0 Å². The Morgan fingerprint density at radius 3 is 2.43 bits per heavy atom. The zero-order valence-corrected chi connectivity index (χ0v) is 18.9. The Kier molecular flexibility index (Phi) is 6.53. The van der Waals surface area contributed by atoms with Crippen LogP contribution in [-0.2, 0) is 16.0 Å². The van der Waals surface area contributed by atoms with E-state index >= 15 is 0 Å². The molecule has 2 saturated heterocycles. The number of rotatable bonds is 1. The molecule has 5 rings (SSSR count). The summed E-state index contributed by atoms with van der Waals surface area (Å²) in [7, 11) is 1.88. The number of amidine groups is 1. The van der Waals surface area contributed by atoms with Gasteiger partial charge in [-0.1, -0.05) is 18.2 Å². The molecule has 2 aromatic carbocycles. The molecule has 0 spiro atoms. The van der Waals surface area contributed by atoms with Gasteiger partial charge in [0, 0.05) is 0 Å². The summed E-state index contributed by atoms with van der Waals surface area (Å²) in [5.74, 6) is -0.178. The molecule has 0 saturated carbocycles. The summed E-state index contributed by atoms with van der Waals surface area (Å²) in [6, 6.07) is 17.6. The van der Waals surface area contributed by atoms with Gasteiger partial charge in [0.15, 0.2) is 0 Å². The molecule has 4 nitrogen and oxygen atoms in total. The van der Waals surface area contributed by atoms with E-state index < -0.39 is 20.6 Å². The van der Waals surface area contributed by atoms with Crippen molar-refractivity contribution in [1.29, 1.82) is 0 Å². The maximum atomic E-state index is 11.9. The summed E-state index contributed by atoms with van der Waals surface area (Å²) in [5.41, 5.74) is 2.91. The van der Waals surface area contributed by atoms with Gasteiger partial charge < -0.3 is 0 Å². The molecule has 2 fully saturated rings. The minimum atomic E-state index is -1.60. The van der Waals surface area contributed by atoms with E-state index in [0.717, 1.165) is 29.4 Å². The average Bonchev–Trinajstić information content (AvgIpc) is 3.36. The number of benzene rings is 2. The summed E-state index contributed by atoms with van der Waals surface area (Å²) >= 11 is -1.60. The predicted octanol–water partition coefficient (Wildman–Crippen LogP) is 3.49. The van der Waals surface area contributed by atoms with Crippen LogP contribution in [0.25, 0.3) is 0 Å². The third kappa shape index (κ3) is 4.69. The van der Waals surface area contributed by atoms with Gasteiger partial charge in [-0.2, -0.15) is 0 Å². The van der Waals surface area contributed by atoms with Crippen LogP contribution in [0.3, 0.4) is 0 Å². The largest absolute Gasteiger partial charge is 0.207 e. The van der Waals surface area contributed by atoms with Gasteiger partial charge in [0.05, 0.1) is 0 Å². The van der Waals surface area contributed by atoms with Crippen LogP contribution in [-0.4, -0.2) is 67.6 Å². The minimum Gasteiger partial charge on any atom is -0.207 e. The van der Waals surface area contributed by atoms with E-state index in [-0.39, 0.29) is 5.82 Å². The predicted molar refractivity (Wildman–Crippen MR) is 112 cm³/mol.